The molecule has 2 nitrogen and oxygen atoms in total. The van der Waals surface area contributed by atoms with Gasteiger partial charge in [0.05, 0.1) is 5.56 Å². The van der Waals surface area contributed by atoms with Gasteiger partial charge in [-0.1, -0.05) is 23.2 Å². The van der Waals surface area contributed by atoms with Gasteiger partial charge in [0, 0.05) is 15.6 Å². The molecule has 0 aliphatic rings. The molecule has 0 fully saturated rings. The van der Waals surface area contributed by atoms with Crippen LogP contribution in [0.2, 0.25) is 10.0 Å². The maximum Gasteiger partial charge on any atom is 0.196 e. The van der Waals surface area contributed by atoms with Crippen LogP contribution >= 0.6 is 23.2 Å². The molecule has 0 saturated carbocycles. The van der Waals surface area contributed by atoms with Crippen LogP contribution in [0.3, 0.4) is 0 Å². The molecular weight excluding hydrogens is 271 g/mol. The highest BCUT2D eigenvalue weighted by Gasteiger charge is 2.14. The lowest BCUT2D eigenvalue weighted by atomic mass is 10.0. The van der Waals surface area contributed by atoms with Gasteiger partial charge in [-0.25, -0.2) is 0 Å². The van der Waals surface area contributed by atoms with Crippen LogP contribution in [-0.2, 0) is 0 Å². The van der Waals surface area contributed by atoms with Gasteiger partial charge in [0.2, 0.25) is 0 Å². The van der Waals surface area contributed by atoms with Gasteiger partial charge in [-0.2, -0.15) is 0 Å². The molecule has 0 aliphatic heterocycles. The predicted molar refractivity (Wildman–Crippen MR) is 72.7 cm³/mol. The fourth-order valence-corrected chi connectivity index (χ4v) is 2.17. The van der Waals surface area contributed by atoms with Crippen molar-refractivity contribution >= 4 is 29.0 Å². The number of carbonyl (C=O) groups excluding carboxylic acids is 1. The second kappa shape index (κ2) is 5.01. The van der Waals surface area contributed by atoms with E-state index in [1.807, 2.05) is 6.92 Å². The lowest BCUT2D eigenvalue weighted by Crippen LogP contribution is -2.02. The molecule has 0 spiro atoms. The summed E-state index contributed by atoms with van der Waals surface area (Å²) in [5.74, 6) is -0.400. The van der Waals surface area contributed by atoms with E-state index < -0.39 is 0 Å². The van der Waals surface area contributed by atoms with Crippen LogP contribution in [0, 0.1) is 6.92 Å². The molecule has 0 aliphatic carbocycles. The van der Waals surface area contributed by atoms with Crippen LogP contribution in [0.25, 0.3) is 0 Å². The van der Waals surface area contributed by atoms with E-state index >= 15 is 0 Å². The third-order valence-electron chi connectivity index (χ3n) is 2.51. The Labute approximate surface area is 115 Å². The van der Waals surface area contributed by atoms with Gasteiger partial charge in [0.15, 0.2) is 5.78 Å². The molecule has 0 saturated heterocycles. The summed E-state index contributed by atoms with van der Waals surface area (Å²) in [5.41, 5.74) is 1.48. The second-order valence-corrected chi connectivity index (χ2v) is 4.88. The SMILES string of the molecule is Cc1cc(Cl)cc(C(=O)c2cc(Cl)ccc2O)c1. The monoisotopic (exact) mass is 280 g/mol. The van der Waals surface area contributed by atoms with Gasteiger partial charge in [0.1, 0.15) is 5.75 Å². The summed E-state index contributed by atoms with van der Waals surface area (Å²) in [4.78, 5) is 12.2. The lowest BCUT2D eigenvalue weighted by Gasteiger charge is -2.06. The Morgan fingerprint density at radius 3 is 2.44 bits per heavy atom. The minimum absolute atomic E-state index is 0.0953. The number of rotatable bonds is 2. The molecule has 0 atom stereocenters. The topological polar surface area (TPSA) is 37.3 Å². The number of aromatic hydroxyl groups is 1. The fraction of sp³-hybridized carbons (Fsp3) is 0.0714. The molecule has 0 amide bonds. The lowest BCUT2D eigenvalue weighted by molar-refractivity contribution is 0.103. The van der Waals surface area contributed by atoms with E-state index in [1.165, 1.54) is 18.2 Å². The smallest absolute Gasteiger partial charge is 0.196 e. The molecule has 92 valence electrons. The normalized spacial score (nSPS) is 10.4. The molecule has 0 bridgehead atoms. The summed E-state index contributed by atoms with van der Waals surface area (Å²) >= 11 is 11.7. The number of benzene rings is 2. The predicted octanol–water partition coefficient (Wildman–Crippen LogP) is 4.24. The van der Waals surface area contributed by atoms with Crippen molar-refractivity contribution in [3.63, 3.8) is 0 Å². The maximum atomic E-state index is 12.2. The van der Waals surface area contributed by atoms with Gasteiger partial charge >= 0.3 is 0 Å². The molecule has 2 aromatic rings. The first-order valence-corrected chi connectivity index (χ1v) is 6.03. The number of ketones is 1. The number of hydrogen-bond donors (Lipinski definition) is 1. The van der Waals surface area contributed by atoms with E-state index in [0.717, 1.165) is 5.56 Å². The van der Waals surface area contributed by atoms with Gasteiger partial charge in [-0.15, -0.1) is 0 Å². The van der Waals surface area contributed by atoms with E-state index in [-0.39, 0.29) is 17.1 Å². The van der Waals surface area contributed by atoms with Crippen LogP contribution in [0.1, 0.15) is 21.5 Å². The zero-order valence-electron chi connectivity index (χ0n) is 9.58. The quantitative estimate of drug-likeness (QED) is 0.836. The van der Waals surface area contributed by atoms with Crippen molar-refractivity contribution in [2.45, 2.75) is 6.92 Å². The van der Waals surface area contributed by atoms with Crippen LogP contribution in [0.4, 0.5) is 0 Å². The Morgan fingerprint density at radius 2 is 1.78 bits per heavy atom. The molecule has 0 heterocycles. The largest absolute Gasteiger partial charge is 0.507 e. The molecule has 18 heavy (non-hydrogen) atoms. The van der Waals surface area contributed by atoms with Crippen molar-refractivity contribution in [1.29, 1.82) is 0 Å². The number of phenolic OH excluding ortho intramolecular Hbond substituents is 1. The van der Waals surface area contributed by atoms with Crippen LogP contribution in [0.15, 0.2) is 36.4 Å². The van der Waals surface area contributed by atoms with E-state index in [1.54, 1.807) is 18.2 Å². The average Bonchev–Trinajstić information content (AvgIpc) is 2.30. The van der Waals surface area contributed by atoms with Crippen molar-refractivity contribution in [1.82, 2.24) is 0 Å². The van der Waals surface area contributed by atoms with Gasteiger partial charge in [0.25, 0.3) is 0 Å². The minimum atomic E-state index is -0.305. The van der Waals surface area contributed by atoms with Gasteiger partial charge < -0.3 is 5.11 Å². The van der Waals surface area contributed by atoms with Crippen molar-refractivity contribution in [3.05, 3.63) is 63.1 Å². The first kappa shape index (κ1) is 12.9. The number of carbonyl (C=O) groups is 1. The Kier molecular flexibility index (Phi) is 3.60. The third kappa shape index (κ3) is 2.66. The third-order valence-corrected chi connectivity index (χ3v) is 2.96. The summed E-state index contributed by atoms with van der Waals surface area (Å²) in [6.07, 6.45) is 0. The Balaban J connectivity index is 2.51. The Bertz CT molecular complexity index is 601. The molecule has 0 radical (unpaired) electrons. The van der Waals surface area contributed by atoms with Crippen molar-refractivity contribution in [2.24, 2.45) is 0 Å². The summed E-state index contributed by atoms with van der Waals surface area (Å²) in [7, 11) is 0. The van der Waals surface area contributed by atoms with E-state index in [4.69, 9.17) is 23.2 Å². The summed E-state index contributed by atoms with van der Waals surface area (Å²) in [5, 5.41) is 10.6. The highest BCUT2D eigenvalue weighted by atomic mass is 35.5. The highest BCUT2D eigenvalue weighted by Crippen LogP contribution is 2.25. The van der Waals surface area contributed by atoms with Crippen molar-refractivity contribution < 1.29 is 9.90 Å². The number of hydrogen-bond acceptors (Lipinski definition) is 2. The van der Waals surface area contributed by atoms with E-state index in [2.05, 4.69) is 0 Å². The van der Waals surface area contributed by atoms with Crippen LogP contribution in [0.5, 0.6) is 5.75 Å². The summed E-state index contributed by atoms with van der Waals surface area (Å²) < 4.78 is 0. The second-order valence-electron chi connectivity index (χ2n) is 4.01. The molecule has 1 N–H and O–H groups in total. The van der Waals surface area contributed by atoms with Crippen LogP contribution < -0.4 is 0 Å². The average molecular weight is 281 g/mol. The molecule has 0 aromatic heterocycles. The number of halogens is 2. The standard InChI is InChI=1S/C14H10Cl2O2/c1-8-4-9(6-11(16)5-8)14(18)12-7-10(15)2-3-13(12)17/h2-7,17H,1H3. The van der Waals surface area contributed by atoms with Crippen LogP contribution in [-0.4, -0.2) is 10.9 Å². The maximum absolute atomic E-state index is 12.2. The summed E-state index contributed by atoms with van der Waals surface area (Å²) in [6.45, 7) is 1.85. The van der Waals surface area contributed by atoms with Gasteiger partial charge in [-0.3, -0.25) is 4.79 Å². The number of aryl methyl sites for hydroxylation is 1. The Hall–Kier alpha value is -1.51. The Morgan fingerprint density at radius 1 is 1.06 bits per heavy atom. The van der Waals surface area contributed by atoms with Crippen molar-refractivity contribution in [2.75, 3.05) is 0 Å². The van der Waals surface area contributed by atoms with E-state index in [0.29, 0.717) is 15.6 Å². The van der Waals surface area contributed by atoms with Crippen molar-refractivity contribution in [3.8, 4) is 5.75 Å². The minimum Gasteiger partial charge on any atom is -0.507 e. The zero-order chi connectivity index (χ0) is 13.3. The molecule has 2 aromatic carbocycles. The first-order chi connectivity index (χ1) is 8.47. The number of phenols is 1. The molecule has 2 rings (SSSR count). The molecule has 4 heteroatoms. The molecular formula is C14H10Cl2O2. The van der Waals surface area contributed by atoms with Gasteiger partial charge in [-0.05, 0) is 48.9 Å². The molecule has 0 unspecified atom stereocenters. The fourth-order valence-electron chi connectivity index (χ4n) is 1.71. The van der Waals surface area contributed by atoms with E-state index in [9.17, 15) is 9.90 Å². The summed E-state index contributed by atoms with van der Waals surface area (Å²) in [6, 6.07) is 9.40. The zero-order valence-corrected chi connectivity index (χ0v) is 11.1. The first-order valence-electron chi connectivity index (χ1n) is 5.28. The highest BCUT2D eigenvalue weighted by molar-refractivity contribution is 6.32.